The van der Waals surface area contributed by atoms with Crippen LogP contribution in [0, 0.1) is 13.8 Å². The van der Waals surface area contributed by atoms with Gasteiger partial charge in [-0.3, -0.25) is 14.8 Å². The summed E-state index contributed by atoms with van der Waals surface area (Å²) in [5, 5.41) is 6.02. The van der Waals surface area contributed by atoms with Gasteiger partial charge in [0.25, 0.3) is 0 Å². The van der Waals surface area contributed by atoms with Crippen molar-refractivity contribution < 1.29 is 14.7 Å². The monoisotopic (exact) mass is 505 g/mol. The fourth-order valence-corrected chi connectivity index (χ4v) is 4.38. The molecule has 0 aliphatic carbocycles. The number of anilines is 2. The van der Waals surface area contributed by atoms with Crippen LogP contribution >= 0.6 is 11.6 Å². The number of hydroxylamine groups is 1. The molecule has 0 radical (unpaired) electrons. The van der Waals surface area contributed by atoms with E-state index < -0.39 is 0 Å². The standard InChI is InChI=1S/C27H28ClN5O3/c1-16-7-24(29)27(17(2)23(16)14-30-3)35-36-33(4)25-11-19(8-20-12-21(28)13-32-26(20)25)10-22-9-18(15-34)5-6-31-22/h5-9,11-13,15,30H,10,14,29H2,1-4H3. The van der Waals surface area contributed by atoms with Crippen LogP contribution in [0.4, 0.5) is 11.4 Å². The number of pyridine rings is 2. The fraction of sp³-hybridized carbons (Fsp3) is 0.222. The van der Waals surface area contributed by atoms with Crippen LogP contribution in [0.25, 0.3) is 10.9 Å². The van der Waals surface area contributed by atoms with Gasteiger partial charge in [-0.15, -0.1) is 0 Å². The Balaban J connectivity index is 1.67. The summed E-state index contributed by atoms with van der Waals surface area (Å²) in [6.07, 6.45) is 4.52. The van der Waals surface area contributed by atoms with Crippen LogP contribution in [-0.4, -0.2) is 30.3 Å². The zero-order chi connectivity index (χ0) is 25.8. The van der Waals surface area contributed by atoms with E-state index in [0.29, 0.717) is 46.2 Å². The summed E-state index contributed by atoms with van der Waals surface area (Å²) in [5.74, 6) is 0.462. The molecule has 8 nitrogen and oxygen atoms in total. The molecule has 0 saturated heterocycles. The number of aryl methyl sites for hydroxylation is 1. The van der Waals surface area contributed by atoms with Crippen molar-refractivity contribution in [1.29, 1.82) is 0 Å². The number of carbonyl (C=O) groups is 1. The highest BCUT2D eigenvalue weighted by Crippen LogP contribution is 2.34. The number of benzene rings is 2. The van der Waals surface area contributed by atoms with Crippen molar-refractivity contribution in [3.63, 3.8) is 0 Å². The average Bonchev–Trinajstić information content (AvgIpc) is 2.85. The third-order valence-electron chi connectivity index (χ3n) is 5.98. The number of hydrogen-bond donors (Lipinski definition) is 2. The molecule has 0 bridgehead atoms. The quantitative estimate of drug-likeness (QED) is 0.142. The molecule has 3 N–H and O–H groups in total. The third-order valence-corrected chi connectivity index (χ3v) is 6.19. The van der Waals surface area contributed by atoms with Gasteiger partial charge in [-0.2, -0.15) is 0 Å². The van der Waals surface area contributed by atoms with Crippen molar-refractivity contribution in [3.05, 3.63) is 87.3 Å². The summed E-state index contributed by atoms with van der Waals surface area (Å²) < 4.78 is 0. The molecule has 4 aromatic rings. The molecule has 0 aliphatic rings. The molecule has 2 aromatic carbocycles. The van der Waals surface area contributed by atoms with E-state index >= 15 is 0 Å². The van der Waals surface area contributed by atoms with Crippen LogP contribution in [0.2, 0.25) is 5.02 Å². The Labute approximate surface area is 214 Å². The summed E-state index contributed by atoms with van der Waals surface area (Å²) in [5.41, 5.74) is 13.5. The molecule has 2 heterocycles. The Bertz CT molecular complexity index is 1430. The van der Waals surface area contributed by atoms with Crippen LogP contribution in [0.3, 0.4) is 0 Å². The number of nitrogens with two attached hydrogens (primary N) is 1. The Kier molecular flexibility index (Phi) is 7.69. The predicted molar refractivity (Wildman–Crippen MR) is 142 cm³/mol. The molecule has 0 amide bonds. The lowest BCUT2D eigenvalue weighted by atomic mass is 10.0. The molecule has 9 heteroatoms. The molecule has 0 spiro atoms. The van der Waals surface area contributed by atoms with Crippen molar-refractivity contribution in [2.45, 2.75) is 26.8 Å². The second kappa shape index (κ2) is 10.9. The zero-order valence-electron chi connectivity index (χ0n) is 20.6. The Morgan fingerprint density at radius 2 is 1.97 bits per heavy atom. The van der Waals surface area contributed by atoms with Crippen LogP contribution in [0.1, 0.15) is 38.3 Å². The lowest BCUT2D eigenvalue weighted by Crippen LogP contribution is -2.22. The first-order chi connectivity index (χ1) is 17.3. The topological polar surface area (TPSA) is 103 Å². The smallest absolute Gasteiger partial charge is 0.194 e. The summed E-state index contributed by atoms with van der Waals surface area (Å²) in [7, 11) is 3.62. The number of nitrogens with one attached hydrogen (secondary N) is 1. The maximum absolute atomic E-state index is 11.2. The van der Waals surface area contributed by atoms with E-state index in [1.54, 1.807) is 31.6 Å². The molecule has 2 aromatic heterocycles. The maximum Gasteiger partial charge on any atom is 0.194 e. The van der Waals surface area contributed by atoms with Crippen molar-refractivity contribution in [2.24, 2.45) is 0 Å². The number of aromatic nitrogens is 2. The zero-order valence-corrected chi connectivity index (χ0v) is 21.4. The minimum Gasteiger partial charge on any atom is -0.396 e. The summed E-state index contributed by atoms with van der Waals surface area (Å²) in [4.78, 5) is 31.6. The van der Waals surface area contributed by atoms with Crippen LogP contribution in [0.5, 0.6) is 5.75 Å². The highest BCUT2D eigenvalue weighted by Gasteiger charge is 2.17. The Morgan fingerprint density at radius 3 is 2.72 bits per heavy atom. The molecular weight excluding hydrogens is 478 g/mol. The number of rotatable bonds is 9. The Hall–Kier alpha value is -3.72. The lowest BCUT2D eigenvalue weighted by Gasteiger charge is -2.22. The molecule has 0 atom stereocenters. The van der Waals surface area contributed by atoms with Gasteiger partial charge in [0.15, 0.2) is 5.75 Å². The number of halogens is 1. The maximum atomic E-state index is 11.2. The van der Waals surface area contributed by atoms with Crippen molar-refractivity contribution in [1.82, 2.24) is 15.3 Å². The molecule has 186 valence electrons. The summed E-state index contributed by atoms with van der Waals surface area (Å²) in [6, 6.07) is 11.1. The number of carbonyl (C=O) groups excluding carboxylic acids is 1. The van der Waals surface area contributed by atoms with E-state index in [0.717, 1.165) is 39.6 Å². The van der Waals surface area contributed by atoms with E-state index in [2.05, 4.69) is 15.3 Å². The van der Waals surface area contributed by atoms with E-state index in [4.69, 9.17) is 27.2 Å². The molecule has 0 saturated carbocycles. The fourth-order valence-electron chi connectivity index (χ4n) is 4.21. The van der Waals surface area contributed by atoms with Gasteiger partial charge in [0.05, 0.1) is 21.9 Å². The van der Waals surface area contributed by atoms with Crippen LogP contribution in [0.15, 0.2) is 48.8 Å². The van der Waals surface area contributed by atoms with E-state index in [-0.39, 0.29) is 0 Å². The number of aldehydes is 1. The average molecular weight is 506 g/mol. The second-order valence-electron chi connectivity index (χ2n) is 8.62. The molecular formula is C27H28ClN5O3. The number of nitrogens with zero attached hydrogens (tertiary/aromatic N) is 3. The predicted octanol–water partition coefficient (Wildman–Crippen LogP) is 4.97. The van der Waals surface area contributed by atoms with Crippen molar-refractivity contribution in [2.75, 3.05) is 24.9 Å². The first-order valence-corrected chi connectivity index (χ1v) is 11.8. The van der Waals surface area contributed by atoms with Gasteiger partial charge in [-0.1, -0.05) is 16.6 Å². The highest BCUT2D eigenvalue weighted by atomic mass is 35.5. The minimum absolute atomic E-state index is 0.462. The van der Waals surface area contributed by atoms with Crippen molar-refractivity contribution in [3.8, 4) is 5.75 Å². The largest absolute Gasteiger partial charge is 0.396 e. The van der Waals surface area contributed by atoms with E-state index in [1.807, 2.05) is 45.2 Å². The van der Waals surface area contributed by atoms with Gasteiger partial charge in [0.1, 0.15) is 6.29 Å². The van der Waals surface area contributed by atoms with Crippen LogP contribution < -0.4 is 21.0 Å². The summed E-state index contributed by atoms with van der Waals surface area (Å²) >= 11 is 6.23. The minimum atomic E-state index is 0.462. The molecule has 0 aliphatic heterocycles. The highest BCUT2D eigenvalue weighted by molar-refractivity contribution is 6.31. The number of fused-ring (bicyclic) bond motifs is 1. The van der Waals surface area contributed by atoms with E-state index in [9.17, 15) is 4.79 Å². The van der Waals surface area contributed by atoms with Gasteiger partial charge in [-0.05, 0) is 74.0 Å². The number of hydrogen-bond acceptors (Lipinski definition) is 8. The Morgan fingerprint density at radius 1 is 1.17 bits per heavy atom. The van der Waals surface area contributed by atoms with Gasteiger partial charge in [0, 0.05) is 54.6 Å². The van der Waals surface area contributed by atoms with Crippen LogP contribution in [-0.2, 0) is 18.0 Å². The van der Waals surface area contributed by atoms with Crippen molar-refractivity contribution >= 4 is 40.2 Å². The van der Waals surface area contributed by atoms with Gasteiger partial charge >= 0.3 is 0 Å². The second-order valence-corrected chi connectivity index (χ2v) is 9.05. The first-order valence-electron chi connectivity index (χ1n) is 11.4. The number of nitrogen functional groups attached to an aromatic ring is 1. The lowest BCUT2D eigenvalue weighted by molar-refractivity contribution is -0.214. The molecule has 36 heavy (non-hydrogen) atoms. The van der Waals surface area contributed by atoms with E-state index in [1.165, 1.54) is 5.06 Å². The van der Waals surface area contributed by atoms with Gasteiger partial charge in [-0.25, -0.2) is 5.06 Å². The normalized spacial score (nSPS) is 11.0. The molecule has 4 rings (SSSR count). The molecule has 0 fully saturated rings. The SMILES string of the molecule is CNCc1c(C)cc(N)c(OON(C)c2cc(Cc3cc(C=O)ccn3)cc3cc(Cl)cnc23)c1C. The third kappa shape index (κ3) is 5.41. The molecule has 0 unspecified atom stereocenters. The first kappa shape index (κ1) is 25.4. The van der Waals surface area contributed by atoms with Gasteiger partial charge in [0.2, 0.25) is 0 Å². The van der Waals surface area contributed by atoms with Gasteiger partial charge < -0.3 is 15.9 Å². The summed E-state index contributed by atoms with van der Waals surface area (Å²) in [6.45, 7) is 4.65.